The van der Waals surface area contributed by atoms with E-state index in [-0.39, 0.29) is 23.7 Å². The molecule has 3 aromatic rings. The number of hydrogen-bond acceptors (Lipinski definition) is 5. The van der Waals surface area contributed by atoms with Crippen LogP contribution in [-0.2, 0) is 11.3 Å². The first kappa shape index (κ1) is 20.9. The number of methoxy groups -OCH3 is 1. The minimum atomic E-state index is -0.279. The van der Waals surface area contributed by atoms with Gasteiger partial charge in [0, 0.05) is 24.3 Å². The topological polar surface area (TPSA) is 100 Å². The smallest absolute Gasteiger partial charge is 0.220 e. The maximum absolute atomic E-state index is 13.3. The highest BCUT2D eigenvalue weighted by Crippen LogP contribution is 2.22. The van der Waals surface area contributed by atoms with Crippen LogP contribution in [0.5, 0.6) is 5.75 Å². The lowest BCUT2D eigenvalue weighted by Gasteiger charge is -2.33. The first-order chi connectivity index (χ1) is 15.0. The molecule has 1 aliphatic rings. The number of hydrogen-bond donors (Lipinski definition) is 2. The van der Waals surface area contributed by atoms with Gasteiger partial charge >= 0.3 is 0 Å². The number of tetrazole rings is 1. The quantitative estimate of drug-likeness (QED) is 0.582. The predicted molar refractivity (Wildman–Crippen MR) is 111 cm³/mol. The summed E-state index contributed by atoms with van der Waals surface area (Å²) in [5.41, 5.74) is 7.49. The largest absolute Gasteiger partial charge is 0.497 e. The van der Waals surface area contributed by atoms with Crippen molar-refractivity contribution in [2.24, 2.45) is 11.7 Å². The van der Waals surface area contributed by atoms with E-state index in [1.54, 1.807) is 23.9 Å². The molecule has 4 rings (SSSR count). The molecule has 162 valence electrons. The first-order valence-electron chi connectivity index (χ1n) is 10.3. The molecule has 1 saturated heterocycles. The number of nitrogens with two attached hydrogens (primary N) is 1. The zero-order valence-electron chi connectivity index (χ0n) is 17.4. The third-order valence-electron chi connectivity index (χ3n) is 5.95. The number of carbonyl (C=O) groups excluding carboxylic acids is 1. The summed E-state index contributed by atoms with van der Waals surface area (Å²) in [5, 5.41) is 12.5. The van der Waals surface area contributed by atoms with Crippen LogP contribution in [0.1, 0.15) is 35.8 Å². The van der Waals surface area contributed by atoms with E-state index < -0.39 is 0 Å². The number of ether oxygens (including phenoxy) is 1. The average molecular weight is 425 g/mol. The standard InChI is InChI=1S/C22H25FN6O2/c1-31-19-8-4-16(5-9-19)20(28-12-10-17(11-13-28)21(24)30)22-25-26-27-29(22)14-15-2-6-18(23)7-3-15/h2-9,17,20H,10-14H2,1H3,(H2,24,30)/p+1/t20-/m1/s1. The van der Waals surface area contributed by atoms with Crippen LogP contribution in [0.4, 0.5) is 4.39 Å². The highest BCUT2D eigenvalue weighted by Gasteiger charge is 2.36. The monoisotopic (exact) mass is 425 g/mol. The fourth-order valence-electron chi connectivity index (χ4n) is 4.22. The number of aromatic nitrogens is 4. The number of benzene rings is 2. The lowest BCUT2D eigenvalue weighted by molar-refractivity contribution is -0.931. The Bertz CT molecular complexity index is 1010. The Balaban J connectivity index is 1.65. The van der Waals surface area contributed by atoms with Gasteiger partial charge in [0.05, 0.1) is 26.7 Å². The number of nitrogens with one attached hydrogen (secondary N) is 1. The molecule has 0 unspecified atom stereocenters. The summed E-state index contributed by atoms with van der Waals surface area (Å²) in [6.07, 6.45) is 1.47. The van der Waals surface area contributed by atoms with Crippen LogP contribution in [0.2, 0.25) is 0 Å². The van der Waals surface area contributed by atoms with Gasteiger partial charge in [-0.15, -0.1) is 5.10 Å². The summed E-state index contributed by atoms with van der Waals surface area (Å²) in [6.45, 7) is 2.01. The van der Waals surface area contributed by atoms with E-state index >= 15 is 0 Å². The van der Waals surface area contributed by atoms with E-state index in [0.717, 1.165) is 48.6 Å². The average Bonchev–Trinajstić information content (AvgIpc) is 3.24. The number of halogens is 1. The number of amides is 1. The van der Waals surface area contributed by atoms with Gasteiger partial charge in [-0.1, -0.05) is 12.1 Å². The number of quaternary nitrogens is 1. The summed E-state index contributed by atoms with van der Waals surface area (Å²) in [5.74, 6) is 0.896. The van der Waals surface area contributed by atoms with Crippen LogP contribution < -0.4 is 15.4 Å². The molecule has 2 heterocycles. The number of piperidine rings is 1. The van der Waals surface area contributed by atoms with Gasteiger partial charge in [-0.25, -0.2) is 9.07 Å². The number of primary amides is 1. The Morgan fingerprint density at radius 3 is 2.48 bits per heavy atom. The van der Waals surface area contributed by atoms with Crippen molar-refractivity contribution in [1.82, 2.24) is 20.2 Å². The summed E-state index contributed by atoms with van der Waals surface area (Å²) in [6, 6.07) is 14.1. The molecule has 0 aliphatic carbocycles. The van der Waals surface area contributed by atoms with Crippen molar-refractivity contribution in [2.75, 3.05) is 20.2 Å². The summed E-state index contributed by atoms with van der Waals surface area (Å²) < 4.78 is 20.4. The van der Waals surface area contributed by atoms with Crippen molar-refractivity contribution in [2.45, 2.75) is 25.4 Å². The highest BCUT2D eigenvalue weighted by atomic mass is 19.1. The highest BCUT2D eigenvalue weighted by molar-refractivity contribution is 5.76. The minimum absolute atomic E-state index is 0.0875. The SMILES string of the molecule is COc1ccc([C@H](c2nnnn2Cc2ccc(F)cc2)[NH+]2CCC(C(N)=O)CC2)cc1. The third kappa shape index (κ3) is 4.72. The molecule has 0 radical (unpaired) electrons. The Morgan fingerprint density at radius 1 is 1.19 bits per heavy atom. The Morgan fingerprint density at radius 2 is 1.87 bits per heavy atom. The van der Waals surface area contributed by atoms with Crippen molar-refractivity contribution in [3.8, 4) is 5.75 Å². The van der Waals surface area contributed by atoms with Crippen LogP contribution in [0.25, 0.3) is 0 Å². The molecule has 1 atom stereocenters. The first-order valence-corrected chi connectivity index (χ1v) is 10.3. The van der Waals surface area contributed by atoms with Gasteiger partial charge in [-0.3, -0.25) is 4.79 Å². The fraction of sp³-hybridized carbons (Fsp3) is 0.364. The fourth-order valence-corrected chi connectivity index (χ4v) is 4.22. The maximum atomic E-state index is 13.3. The lowest BCUT2D eigenvalue weighted by Crippen LogP contribution is -3.13. The van der Waals surface area contributed by atoms with E-state index in [0.29, 0.717) is 6.54 Å². The van der Waals surface area contributed by atoms with E-state index in [9.17, 15) is 9.18 Å². The van der Waals surface area contributed by atoms with Gasteiger partial charge in [0.2, 0.25) is 11.7 Å². The van der Waals surface area contributed by atoms with Crippen molar-refractivity contribution in [1.29, 1.82) is 0 Å². The van der Waals surface area contributed by atoms with Gasteiger partial charge in [0.15, 0.2) is 6.04 Å². The number of rotatable bonds is 7. The van der Waals surface area contributed by atoms with Crippen molar-refractivity contribution in [3.05, 3.63) is 71.3 Å². The summed E-state index contributed by atoms with van der Waals surface area (Å²) in [4.78, 5) is 12.9. The second kappa shape index (κ2) is 9.22. The molecule has 1 aromatic heterocycles. The Kier molecular flexibility index (Phi) is 6.22. The van der Waals surface area contributed by atoms with Gasteiger partial charge in [0.1, 0.15) is 11.6 Å². The molecule has 3 N–H and O–H groups in total. The molecule has 2 aromatic carbocycles. The molecular formula is C22H26FN6O2+. The van der Waals surface area contributed by atoms with Gasteiger partial charge in [-0.2, -0.15) is 0 Å². The summed E-state index contributed by atoms with van der Waals surface area (Å²) >= 11 is 0. The molecule has 0 spiro atoms. The van der Waals surface area contributed by atoms with Crippen LogP contribution >= 0.6 is 0 Å². The molecule has 1 amide bonds. The van der Waals surface area contributed by atoms with E-state index in [2.05, 4.69) is 15.5 Å². The molecule has 8 nitrogen and oxygen atoms in total. The summed E-state index contributed by atoms with van der Waals surface area (Å²) in [7, 11) is 1.63. The molecule has 1 fully saturated rings. The number of likely N-dealkylation sites (tertiary alicyclic amines) is 1. The Hall–Kier alpha value is -3.33. The van der Waals surface area contributed by atoms with Gasteiger partial charge in [-0.05, 0) is 52.4 Å². The van der Waals surface area contributed by atoms with E-state index in [4.69, 9.17) is 10.5 Å². The molecule has 1 aliphatic heterocycles. The van der Waals surface area contributed by atoms with Crippen LogP contribution in [0.15, 0.2) is 48.5 Å². The molecule has 31 heavy (non-hydrogen) atoms. The second-order valence-electron chi connectivity index (χ2n) is 7.86. The van der Waals surface area contributed by atoms with E-state index in [1.807, 2.05) is 24.3 Å². The molecule has 0 bridgehead atoms. The van der Waals surface area contributed by atoms with Gasteiger partial charge in [0.25, 0.3) is 0 Å². The number of nitrogens with zero attached hydrogens (tertiary/aromatic N) is 4. The molecular weight excluding hydrogens is 399 g/mol. The van der Waals surface area contributed by atoms with Crippen LogP contribution in [-0.4, -0.2) is 46.3 Å². The van der Waals surface area contributed by atoms with Gasteiger partial charge < -0.3 is 15.4 Å². The normalized spacial score (nSPS) is 19.7. The zero-order valence-corrected chi connectivity index (χ0v) is 17.4. The van der Waals surface area contributed by atoms with Crippen LogP contribution in [0.3, 0.4) is 0 Å². The maximum Gasteiger partial charge on any atom is 0.220 e. The predicted octanol–water partition coefficient (Wildman–Crippen LogP) is 0.739. The van der Waals surface area contributed by atoms with Crippen molar-refractivity contribution in [3.63, 3.8) is 0 Å². The van der Waals surface area contributed by atoms with E-state index in [1.165, 1.54) is 17.0 Å². The van der Waals surface area contributed by atoms with Crippen LogP contribution in [0, 0.1) is 11.7 Å². The second-order valence-corrected chi connectivity index (χ2v) is 7.86. The zero-order chi connectivity index (χ0) is 21.8. The third-order valence-corrected chi connectivity index (χ3v) is 5.95. The van der Waals surface area contributed by atoms with Crippen molar-refractivity contribution >= 4 is 5.91 Å². The number of carbonyl (C=O) groups is 1. The molecule has 9 heteroatoms. The molecule has 0 saturated carbocycles. The lowest BCUT2D eigenvalue weighted by atomic mass is 9.93. The Labute approximate surface area is 179 Å². The minimum Gasteiger partial charge on any atom is -0.497 e. The van der Waals surface area contributed by atoms with Crippen molar-refractivity contribution < 1.29 is 18.8 Å².